The number of hydrogen-bond donors (Lipinski definition) is 0. The molecular formula is C22H21N5O2S. The van der Waals surface area contributed by atoms with Crippen LogP contribution in [0.1, 0.15) is 22.5 Å². The van der Waals surface area contributed by atoms with Gasteiger partial charge in [-0.1, -0.05) is 30.3 Å². The molecule has 1 aliphatic rings. The number of aromatic nitrogens is 3. The van der Waals surface area contributed by atoms with Crippen LogP contribution in [0.5, 0.6) is 0 Å². The summed E-state index contributed by atoms with van der Waals surface area (Å²) in [5, 5.41) is 5.12. The van der Waals surface area contributed by atoms with Crippen LogP contribution >= 0.6 is 11.3 Å². The number of hydrogen-bond acceptors (Lipinski definition) is 7. The van der Waals surface area contributed by atoms with Gasteiger partial charge in [-0.25, -0.2) is 4.98 Å². The van der Waals surface area contributed by atoms with Gasteiger partial charge >= 0.3 is 0 Å². The van der Waals surface area contributed by atoms with Crippen LogP contribution in [0, 0.1) is 0 Å². The van der Waals surface area contributed by atoms with Crippen LogP contribution in [0.4, 0.5) is 5.82 Å². The van der Waals surface area contributed by atoms with Gasteiger partial charge in [0.25, 0.3) is 5.91 Å². The van der Waals surface area contributed by atoms with Crippen LogP contribution in [0.2, 0.25) is 0 Å². The van der Waals surface area contributed by atoms with Crippen molar-refractivity contribution < 1.29 is 9.32 Å². The van der Waals surface area contributed by atoms with Gasteiger partial charge in [-0.2, -0.15) is 4.98 Å². The van der Waals surface area contributed by atoms with Crippen molar-refractivity contribution in [3.63, 3.8) is 0 Å². The van der Waals surface area contributed by atoms with Crippen molar-refractivity contribution in [2.45, 2.75) is 13.3 Å². The maximum atomic E-state index is 12.9. The van der Waals surface area contributed by atoms with Crippen molar-refractivity contribution >= 4 is 33.1 Å². The lowest BCUT2D eigenvalue weighted by molar-refractivity contribution is 0.0751. The van der Waals surface area contributed by atoms with E-state index in [2.05, 4.69) is 26.1 Å². The maximum Gasteiger partial charge on any atom is 0.264 e. The number of carbonyl (C=O) groups is 1. The molecule has 30 heavy (non-hydrogen) atoms. The standard InChI is InChI=1S/C22H21N5O2S/c1-2-20-24-21(25-29-20)16-7-8-19(23-14-16)26-9-11-27(12-10-26)22(28)18-13-15-5-3-4-6-17(15)30-18/h3-8,13-14H,2,9-12H2,1H3. The summed E-state index contributed by atoms with van der Waals surface area (Å²) in [6, 6.07) is 14.0. The average molecular weight is 420 g/mol. The number of rotatable bonds is 4. The van der Waals surface area contributed by atoms with E-state index in [4.69, 9.17) is 4.52 Å². The summed E-state index contributed by atoms with van der Waals surface area (Å²) in [5.41, 5.74) is 0.834. The Morgan fingerprint density at radius 1 is 1.13 bits per heavy atom. The van der Waals surface area contributed by atoms with Gasteiger partial charge in [0.2, 0.25) is 11.7 Å². The van der Waals surface area contributed by atoms with Crippen molar-refractivity contribution in [1.29, 1.82) is 0 Å². The highest BCUT2D eigenvalue weighted by Gasteiger charge is 2.24. The lowest BCUT2D eigenvalue weighted by atomic mass is 10.2. The van der Waals surface area contributed by atoms with Crippen molar-refractivity contribution in [2.75, 3.05) is 31.1 Å². The first-order valence-electron chi connectivity index (χ1n) is 10.0. The molecule has 7 nitrogen and oxygen atoms in total. The molecule has 1 fully saturated rings. The number of piperazine rings is 1. The predicted molar refractivity (Wildman–Crippen MR) is 117 cm³/mol. The molecule has 152 valence electrons. The second kappa shape index (κ2) is 7.87. The molecule has 0 N–H and O–H groups in total. The van der Waals surface area contributed by atoms with E-state index in [0.29, 0.717) is 31.2 Å². The first-order chi connectivity index (χ1) is 14.7. The summed E-state index contributed by atoms with van der Waals surface area (Å²) in [4.78, 5) is 26.8. The topological polar surface area (TPSA) is 75.4 Å². The zero-order chi connectivity index (χ0) is 20.5. The number of amides is 1. The Morgan fingerprint density at radius 3 is 2.67 bits per heavy atom. The van der Waals surface area contributed by atoms with E-state index in [1.807, 2.05) is 48.2 Å². The molecule has 3 aromatic heterocycles. The quantitative estimate of drug-likeness (QED) is 0.500. The molecule has 8 heteroatoms. The number of aryl methyl sites for hydroxylation is 1. The smallest absolute Gasteiger partial charge is 0.264 e. The molecule has 1 saturated heterocycles. The van der Waals surface area contributed by atoms with Gasteiger partial charge < -0.3 is 14.3 Å². The average Bonchev–Trinajstić information content (AvgIpc) is 3.46. The molecule has 1 aromatic carbocycles. The van der Waals surface area contributed by atoms with Crippen LogP contribution in [0.3, 0.4) is 0 Å². The van der Waals surface area contributed by atoms with Gasteiger partial charge in [-0.3, -0.25) is 4.79 Å². The monoisotopic (exact) mass is 419 g/mol. The number of anilines is 1. The highest BCUT2D eigenvalue weighted by atomic mass is 32.1. The Balaban J connectivity index is 1.23. The van der Waals surface area contributed by atoms with Crippen LogP contribution in [0.15, 0.2) is 53.2 Å². The number of fused-ring (bicyclic) bond motifs is 1. The molecule has 5 rings (SSSR count). The minimum Gasteiger partial charge on any atom is -0.353 e. The third kappa shape index (κ3) is 3.54. The molecule has 4 heterocycles. The third-order valence-electron chi connectivity index (χ3n) is 5.30. The van der Waals surface area contributed by atoms with E-state index in [0.717, 1.165) is 39.4 Å². The molecule has 1 aliphatic heterocycles. The minimum atomic E-state index is 0.114. The number of pyridine rings is 1. The van der Waals surface area contributed by atoms with E-state index in [1.165, 1.54) is 0 Å². The lowest BCUT2D eigenvalue weighted by Gasteiger charge is -2.35. The van der Waals surface area contributed by atoms with E-state index in [1.54, 1.807) is 17.5 Å². The lowest BCUT2D eigenvalue weighted by Crippen LogP contribution is -2.48. The second-order valence-corrected chi connectivity index (χ2v) is 8.28. The van der Waals surface area contributed by atoms with Crippen molar-refractivity contribution in [2.24, 2.45) is 0 Å². The fourth-order valence-corrected chi connectivity index (χ4v) is 4.63. The van der Waals surface area contributed by atoms with E-state index in [-0.39, 0.29) is 5.91 Å². The molecule has 1 amide bonds. The fourth-order valence-electron chi connectivity index (χ4n) is 3.60. The van der Waals surface area contributed by atoms with Crippen LogP contribution in [-0.4, -0.2) is 52.1 Å². The van der Waals surface area contributed by atoms with E-state index >= 15 is 0 Å². The summed E-state index contributed by atoms with van der Waals surface area (Å²) in [6.45, 7) is 4.85. The Kier molecular flexibility index (Phi) is 4.92. The SMILES string of the molecule is CCc1nc(-c2ccc(N3CCN(C(=O)c4cc5ccccc5s4)CC3)nc2)no1. The number of carbonyl (C=O) groups excluding carboxylic acids is 1. The summed E-state index contributed by atoms with van der Waals surface area (Å²) < 4.78 is 6.32. The first-order valence-corrected chi connectivity index (χ1v) is 10.8. The highest BCUT2D eigenvalue weighted by molar-refractivity contribution is 7.20. The van der Waals surface area contributed by atoms with Gasteiger partial charge in [0.15, 0.2) is 0 Å². The summed E-state index contributed by atoms with van der Waals surface area (Å²) in [5.74, 6) is 2.19. The van der Waals surface area contributed by atoms with Crippen LogP contribution in [-0.2, 0) is 6.42 Å². The Bertz CT molecular complexity index is 1140. The van der Waals surface area contributed by atoms with Gasteiger partial charge in [0.1, 0.15) is 5.82 Å². The molecule has 0 aliphatic carbocycles. The summed E-state index contributed by atoms with van der Waals surface area (Å²) in [6.07, 6.45) is 2.48. The largest absolute Gasteiger partial charge is 0.353 e. The van der Waals surface area contributed by atoms with Gasteiger partial charge in [-0.15, -0.1) is 11.3 Å². The minimum absolute atomic E-state index is 0.114. The Morgan fingerprint density at radius 2 is 1.97 bits per heavy atom. The predicted octanol–water partition coefficient (Wildman–Crippen LogP) is 3.87. The molecule has 0 unspecified atom stereocenters. The third-order valence-corrected chi connectivity index (χ3v) is 6.41. The number of benzene rings is 1. The molecule has 0 bridgehead atoms. The van der Waals surface area contributed by atoms with Crippen molar-refractivity contribution in [3.8, 4) is 11.4 Å². The second-order valence-electron chi connectivity index (χ2n) is 7.20. The van der Waals surface area contributed by atoms with E-state index < -0.39 is 0 Å². The molecular weight excluding hydrogens is 398 g/mol. The van der Waals surface area contributed by atoms with Crippen molar-refractivity contribution in [3.05, 3.63) is 59.4 Å². The molecule has 0 radical (unpaired) electrons. The van der Waals surface area contributed by atoms with Crippen LogP contribution in [0.25, 0.3) is 21.5 Å². The maximum absolute atomic E-state index is 12.9. The normalized spacial score (nSPS) is 14.4. The molecule has 0 spiro atoms. The van der Waals surface area contributed by atoms with E-state index in [9.17, 15) is 4.79 Å². The number of nitrogens with zero attached hydrogens (tertiary/aromatic N) is 5. The van der Waals surface area contributed by atoms with Crippen LogP contribution < -0.4 is 4.90 Å². The molecule has 0 atom stereocenters. The fraction of sp³-hybridized carbons (Fsp3) is 0.273. The first kappa shape index (κ1) is 18.7. The highest BCUT2D eigenvalue weighted by Crippen LogP contribution is 2.27. The van der Waals surface area contributed by atoms with Crippen molar-refractivity contribution in [1.82, 2.24) is 20.0 Å². The Labute approximate surface area is 178 Å². The zero-order valence-electron chi connectivity index (χ0n) is 16.6. The van der Waals surface area contributed by atoms with Gasteiger partial charge in [0, 0.05) is 49.1 Å². The molecule has 4 aromatic rings. The number of thiophene rings is 1. The molecule has 0 saturated carbocycles. The summed E-state index contributed by atoms with van der Waals surface area (Å²) >= 11 is 1.56. The zero-order valence-corrected chi connectivity index (χ0v) is 17.4. The van der Waals surface area contributed by atoms with Gasteiger partial charge in [0.05, 0.1) is 4.88 Å². The Hall–Kier alpha value is -3.26. The summed E-state index contributed by atoms with van der Waals surface area (Å²) in [7, 11) is 0. The van der Waals surface area contributed by atoms with Gasteiger partial charge in [-0.05, 0) is 29.7 Å².